The molecule has 5 rings (SSSR count). The van der Waals surface area contributed by atoms with Gasteiger partial charge in [-0.25, -0.2) is 13.4 Å². The third-order valence-corrected chi connectivity index (χ3v) is 10.6. The second-order valence-electron chi connectivity index (χ2n) is 11.8. The second-order valence-corrected chi connectivity index (χ2v) is 14.1. The molecule has 3 heterocycles. The minimum Gasteiger partial charge on any atom is -0.495 e. The Kier molecular flexibility index (Phi) is 10.1. The van der Waals surface area contributed by atoms with E-state index >= 15 is 0 Å². The fourth-order valence-corrected chi connectivity index (χ4v) is 7.38. The normalized spacial score (nSPS) is 17.5. The van der Waals surface area contributed by atoms with Gasteiger partial charge in [0, 0.05) is 46.3 Å². The molecule has 0 saturated carbocycles. The van der Waals surface area contributed by atoms with Crippen molar-refractivity contribution < 1.29 is 17.9 Å². The molecule has 1 fully saturated rings. The molecule has 0 radical (unpaired) electrons. The van der Waals surface area contributed by atoms with Gasteiger partial charge in [0.1, 0.15) is 15.7 Å². The molecule has 0 unspecified atom stereocenters. The van der Waals surface area contributed by atoms with Gasteiger partial charge in [0.2, 0.25) is 21.9 Å². The first-order valence-electron chi connectivity index (χ1n) is 14.9. The quantitative estimate of drug-likeness (QED) is 0.336. The van der Waals surface area contributed by atoms with E-state index in [2.05, 4.69) is 30.4 Å². The molecule has 0 bridgehead atoms. The number of para-hydroxylation sites is 1. The van der Waals surface area contributed by atoms with Crippen molar-refractivity contribution in [2.45, 2.75) is 30.2 Å². The van der Waals surface area contributed by atoms with E-state index in [1.54, 1.807) is 50.4 Å². The number of aromatic nitrogens is 2. The first-order valence-corrected chi connectivity index (χ1v) is 16.7. The molecule has 12 nitrogen and oxygen atoms in total. The van der Waals surface area contributed by atoms with Crippen molar-refractivity contribution in [2.24, 2.45) is 0 Å². The number of ether oxygens (including phenoxy) is 1. The summed E-state index contributed by atoms with van der Waals surface area (Å²) in [6.45, 7) is 2.82. The number of halogens is 1. The summed E-state index contributed by atoms with van der Waals surface area (Å²) in [6, 6.07) is 11.0. The molecule has 2 aromatic carbocycles. The highest BCUT2D eigenvalue weighted by molar-refractivity contribution is 7.89. The van der Waals surface area contributed by atoms with Gasteiger partial charge >= 0.3 is 0 Å². The SMILES string of the molecule is COc1cc2c(cc1Nc1ncc(Cl)c(Nc3ccccc3S(=O)(=O)N3CC[C@H](N(C)C)C3)n1)CCN(CC(=O)N(C)C)CC2. The summed E-state index contributed by atoms with van der Waals surface area (Å²) in [5.74, 6) is 1.25. The minimum absolute atomic E-state index is 0.0828. The number of likely N-dealkylation sites (N-methyl/N-ethyl adjacent to an activating group) is 2. The Balaban J connectivity index is 1.36. The predicted octanol–water partition coefficient (Wildman–Crippen LogP) is 3.44. The Bertz CT molecular complexity index is 1650. The van der Waals surface area contributed by atoms with E-state index in [1.165, 1.54) is 16.1 Å². The van der Waals surface area contributed by atoms with E-state index in [1.807, 2.05) is 26.2 Å². The van der Waals surface area contributed by atoms with Crippen LogP contribution in [0.3, 0.4) is 0 Å². The lowest BCUT2D eigenvalue weighted by molar-refractivity contribution is -0.129. The van der Waals surface area contributed by atoms with Crippen LogP contribution < -0.4 is 15.4 Å². The maximum Gasteiger partial charge on any atom is 0.245 e. The number of anilines is 4. The van der Waals surface area contributed by atoms with Gasteiger partial charge in [-0.1, -0.05) is 23.7 Å². The number of amides is 1. The lowest BCUT2D eigenvalue weighted by Gasteiger charge is -2.21. The third-order valence-electron chi connectivity index (χ3n) is 8.38. The van der Waals surface area contributed by atoms with Crippen molar-refractivity contribution in [1.82, 2.24) is 29.0 Å². The van der Waals surface area contributed by atoms with Gasteiger partial charge in [0.05, 0.1) is 31.2 Å². The summed E-state index contributed by atoms with van der Waals surface area (Å²) in [4.78, 5) is 27.2. The molecule has 0 aliphatic carbocycles. The van der Waals surface area contributed by atoms with E-state index in [9.17, 15) is 13.2 Å². The van der Waals surface area contributed by atoms with Crippen LogP contribution in [0.4, 0.5) is 23.1 Å². The van der Waals surface area contributed by atoms with E-state index < -0.39 is 10.0 Å². The van der Waals surface area contributed by atoms with Crippen LogP contribution in [0.2, 0.25) is 5.02 Å². The second kappa shape index (κ2) is 13.9. The molecule has 242 valence electrons. The van der Waals surface area contributed by atoms with Gasteiger partial charge in [-0.15, -0.1) is 0 Å². The van der Waals surface area contributed by atoms with Crippen LogP contribution >= 0.6 is 11.6 Å². The number of benzene rings is 2. The minimum atomic E-state index is -3.76. The largest absolute Gasteiger partial charge is 0.495 e. The molecule has 2 aliphatic rings. The van der Waals surface area contributed by atoms with Gasteiger partial charge in [0.15, 0.2) is 5.82 Å². The van der Waals surface area contributed by atoms with Crippen molar-refractivity contribution in [3.8, 4) is 5.75 Å². The summed E-state index contributed by atoms with van der Waals surface area (Å²) in [5.41, 5.74) is 3.39. The lowest BCUT2D eigenvalue weighted by Crippen LogP contribution is -2.37. The Labute approximate surface area is 270 Å². The molecule has 2 N–H and O–H groups in total. The van der Waals surface area contributed by atoms with Crippen molar-refractivity contribution in [1.29, 1.82) is 0 Å². The average Bonchev–Trinajstić information content (AvgIpc) is 3.45. The molecule has 3 aromatic rings. The van der Waals surface area contributed by atoms with E-state index in [-0.39, 0.29) is 33.6 Å². The monoisotopic (exact) mass is 656 g/mol. The molecular weight excluding hydrogens is 616 g/mol. The molecule has 45 heavy (non-hydrogen) atoms. The fourth-order valence-electron chi connectivity index (χ4n) is 5.61. The number of rotatable bonds is 10. The van der Waals surface area contributed by atoms with E-state index in [0.29, 0.717) is 36.8 Å². The van der Waals surface area contributed by atoms with Gasteiger partial charge in [-0.2, -0.15) is 9.29 Å². The Hall–Kier alpha value is -3.49. The smallest absolute Gasteiger partial charge is 0.245 e. The number of hydrogen-bond donors (Lipinski definition) is 2. The average molecular weight is 657 g/mol. The molecule has 1 amide bonds. The van der Waals surface area contributed by atoms with Crippen LogP contribution in [0, 0.1) is 0 Å². The van der Waals surface area contributed by atoms with E-state index in [0.717, 1.165) is 37.9 Å². The molecule has 14 heteroatoms. The van der Waals surface area contributed by atoms with Crippen molar-refractivity contribution in [2.75, 3.05) is 78.7 Å². The number of carbonyl (C=O) groups is 1. The van der Waals surface area contributed by atoms with Crippen LogP contribution in [-0.4, -0.2) is 117 Å². The molecular formula is C31H41ClN8O4S. The molecule has 1 atom stereocenters. The zero-order chi connectivity index (χ0) is 32.3. The fraction of sp³-hybridized carbons (Fsp3) is 0.452. The topological polar surface area (TPSA) is 123 Å². The van der Waals surface area contributed by atoms with Crippen LogP contribution in [0.1, 0.15) is 17.5 Å². The van der Waals surface area contributed by atoms with Crippen molar-refractivity contribution >= 4 is 50.7 Å². The number of carbonyl (C=O) groups excluding carboxylic acids is 1. The highest BCUT2D eigenvalue weighted by Gasteiger charge is 2.34. The van der Waals surface area contributed by atoms with Crippen molar-refractivity contribution in [3.63, 3.8) is 0 Å². The maximum absolute atomic E-state index is 13.7. The van der Waals surface area contributed by atoms with Crippen molar-refractivity contribution in [3.05, 3.63) is 58.7 Å². The summed E-state index contributed by atoms with van der Waals surface area (Å²) in [6.07, 6.45) is 3.82. The van der Waals surface area contributed by atoms with Gasteiger partial charge in [-0.05, 0) is 68.8 Å². The summed E-state index contributed by atoms with van der Waals surface area (Å²) >= 11 is 6.50. The number of nitrogens with one attached hydrogen (secondary N) is 2. The lowest BCUT2D eigenvalue weighted by atomic mass is 10.0. The number of methoxy groups -OCH3 is 1. The number of sulfonamides is 1. The Morgan fingerprint density at radius 3 is 2.42 bits per heavy atom. The number of fused-ring (bicyclic) bond motifs is 1. The van der Waals surface area contributed by atoms with Gasteiger partial charge in [0.25, 0.3) is 0 Å². The zero-order valence-corrected chi connectivity index (χ0v) is 28.0. The van der Waals surface area contributed by atoms with E-state index in [4.69, 9.17) is 16.3 Å². The molecule has 0 spiro atoms. The summed E-state index contributed by atoms with van der Waals surface area (Å²) in [5, 5.41) is 6.64. The number of hydrogen-bond acceptors (Lipinski definition) is 10. The number of nitrogens with zero attached hydrogens (tertiary/aromatic N) is 6. The van der Waals surface area contributed by atoms with Gasteiger partial charge < -0.3 is 25.2 Å². The third kappa shape index (κ3) is 7.50. The predicted molar refractivity (Wildman–Crippen MR) is 176 cm³/mol. The standard InChI is InChI=1S/C31H41ClN8O4S/c1-37(2)23-12-15-40(19-23)45(42,43)28-9-7-6-8-25(28)34-30-24(32)18-33-31(36-30)35-26-16-21-10-13-39(20-29(41)38(3)4)14-11-22(21)17-27(26)44-5/h6-9,16-18,23H,10-15,19-20H2,1-5H3,(H2,33,34,35,36)/t23-/m0/s1. The Morgan fingerprint density at radius 1 is 1.04 bits per heavy atom. The highest BCUT2D eigenvalue weighted by Crippen LogP contribution is 2.35. The van der Waals surface area contributed by atoms with Crippen LogP contribution in [-0.2, 0) is 27.7 Å². The first-order chi connectivity index (χ1) is 21.5. The van der Waals surface area contributed by atoms with Crippen LogP contribution in [0.25, 0.3) is 0 Å². The summed E-state index contributed by atoms with van der Waals surface area (Å²) in [7, 11) is 5.32. The maximum atomic E-state index is 13.7. The van der Waals surface area contributed by atoms with Gasteiger partial charge in [-0.3, -0.25) is 9.69 Å². The highest BCUT2D eigenvalue weighted by atomic mass is 35.5. The molecule has 1 aromatic heterocycles. The first kappa shape index (κ1) is 32.9. The summed E-state index contributed by atoms with van der Waals surface area (Å²) < 4.78 is 34.6. The molecule has 1 saturated heterocycles. The van der Waals surface area contributed by atoms with Crippen LogP contribution in [0.15, 0.2) is 47.5 Å². The zero-order valence-electron chi connectivity index (χ0n) is 26.4. The van der Waals surface area contributed by atoms with Crippen LogP contribution in [0.5, 0.6) is 5.75 Å². The molecule has 2 aliphatic heterocycles. The Morgan fingerprint density at radius 2 is 1.76 bits per heavy atom.